The molecule has 0 N–H and O–H groups in total. The Morgan fingerprint density at radius 3 is 2.48 bits per heavy atom. The number of nitrogens with zero attached hydrogens (tertiary/aromatic N) is 3. The van der Waals surface area contributed by atoms with Crippen molar-refractivity contribution in [3.05, 3.63) is 59.7 Å². The van der Waals surface area contributed by atoms with Gasteiger partial charge in [-0.2, -0.15) is 0 Å². The van der Waals surface area contributed by atoms with Crippen LogP contribution < -0.4 is 0 Å². The van der Waals surface area contributed by atoms with Gasteiger partial charge in [-0.1, -0.05) is 52.8 Å². The fraction of sp³-hybridized carbons (Fsp3) is 0.520. The summed E-state index contributed by atoms with van der Waals surface area (Å²) in [6.45, 7) is 11.8. The monoisotopic (exact) mass is 427 g/mol. The maximum atomic E-state index is 14.7. The predicted molar refractivity (Wildman–Crippen MR) is 120 cm³/mol. The Kier molecular flexibility index (Phi) is 6.87. The van der Waals surface area contributed by atoms with E-state index < -0.39 is 6.04 Å². The highest BCUT2D eigenvalue weighted by Crippen LogP contribution is 2.34. The largest absolute Gasteiger partial charge is 0.348 e. The Hall–Kier alpha value is -2.63. The van der Waals surface area contributed by atoms with Crippen LogP contribution in [-0.4, -0.2) is 45.8 Å². The maximum Gasteiger partial charge on any atom is 0.243 e. The molecule has 2 amide bonds. The highest BCUT2D eigenvalue weighted by atomic mass is 19.1. The lowest BCUT2D eigenvalue weighted by Crippen LogP contribution is -2.49. The first-order valence-electron chi connectivity index (χ1n) is 11.0. The zero-order valence-electron chi connectivity index (χ0n) is 19.3. The van der Waals surface area contributed by atoms with Crippen molar-refractivity contribution in [3.8, 4) is 0 Å². The van der Waals surface area contributed by atoms with Gasteiger partial charge in [0.05, 0.1) is 6.54 Å². The van der Waals surface area contributed by atoms with Crippen molar-refractivity contribution in [1.82, 2.24) is 14.4 Å². The molecule has 168 valence electrons. The van der Waals surface area contributed by atoms with Crippen LogP contribution >= 0.6 is 0 Å². The molecule has 0 aliphatic carbocycles. The Morgan fingerprint density at radius 2 is 1.84 bits per heavy atom. The first kappa shape index (κ1) is 23.0. The van der Waals surface area contributed by atoms with Crippen LogP contribution in [0.15, 0.2) is 42.6 Å². The first-order chi connectivity index (χ1) is 14.6. The molecule has 6 heteroatoms. The van der Waals surface area contributed by atoms with Gasteiger partial charge >= 0.3 is 0 Å². The Bertz CT molecular complexity index is 929. The summed E-state index contributed by atoms with van der Waals surface area (Å²) in [4.78, 5) is 29.9. The van der Waals surface area contributed by atoms with Crippen molar-refractivity contribution in [2.45, 2.75) is 53.6 Å². The van der Waals surface area contributed by atoms with Gasteiger partial charge in [0.1, 0.15) is 11.9 Å². The summed E-state index contributed by atoms with van der Waals surface area (Å²) >= 11 is 0. The summed E-state index contributed by atoms with van der Waals surface area (Å²) in [6.07, 6.45) is 2.34. The molecule has 1 atom stereocenters. The number of carbonyl (C=O) groups is 2. The standard InChI is InChI=1S/C25H34FN3O2/c1-18(2)16-28(22(30)15-25(3,4)5)17-23(31)29-14-13-27-12-8-11-21(27)24(29)19-9-6-7-10-20(19)26/h6-12,18,24H,13-17H2,1-5H3/t24-/m0/s1. The van der Waals surface area contributed by atoms with Crippen LogP contribution in [0.25, 0.3) is 0 Å². The second-order valence-corrected chi connectivity index (χ2v) is 10.0. The molecular formula is C25H34FN3O2. The molecule has 1 aromatic heterocycles. The van der Waals surface area contributed by atoms with Crippen LogP contribution in [-0.2, 0) is 16.1 Å². The minimum absolute atomic E-state index is 0.0127. The molecule has 2 aromatic rings. The minimum Gasteiger partial charge on any atom is -0.348 e. The molecule has 3 rings (SSSR count). The van der Waals surface area contributed by atoms with E-state index in [0.717, 1.165) is 5.69 Å². The molecule has 2 heterocycles. The van der Waals surface area contributed by atoms with E-state index in [0.29, 0.717) is 31.6 Å². The summed E-state index contributed by atoms with van der Waals surface area (Å²) in [5, 5.41) is 0. The lowest BCUT2D eigenvalue weighted by Gasteiger charge is -2.39. The Balaban J connectivity index is 1.89. The van der Waals surface area contributed by atoms with Gasteiger partial charge in [-0.15, -0.1) is 0 Å². The van der Waals surface area contributed by atoms with Crippen LogP contribution in [0, 0.1) is 17.2 Å². The molecule has 1 aromatic carbocycles. The number of aromatic nitrogens is 1. The molecule has 1 aliphatic heterocycles. The van der Waals surface area contributed by atoms with E-state index in [9.17, 15) is 14.0 Å². The zero-order valence-corrected chi connectivity index (χ0v) is 19.3. The quantitative estimate of drug-likeness (QED) is 0.682. The summed E-state index contributed by atoms with van der Waals surface area (Å²) in [5.41, 5.74) is 1.21. The van der Waals surface area contributed by atoms with Crippen LogP contribution in [0.3, 0.4) is 0 Å². The Morgan fingerprint density at radius 1 is 1.13 bits per heavy atom. The van der Waals surface area contributed by atoms with Crippen molar-refractivity contribution in [1.29, 1.82) is 0 Å². The second kappa shape index (κ2) is 9.25. The van der Waals surface area contributed by atoms with Crippen LogP contribution in [0.4, 0.5) is 4.39 Å². The van der Waals surface area contributed by atoms with Gasteiger partial charge in [-0.3, -0.25) is 9.59 Å². The molecule has 0 bridgehead atoms. The van der Waals surface area contributed by atoms with E-state index >= 15 is 0 Å². The normalized spacial score (nSPS) is 16.4. The number of hydrogen-bond acceptors (Lipinski definition) is 2. The van der Waals surface area contributed by atoms with Crippen LogP contribution in [0.1, 0.15) is 58.3 Å². The number of fused-ring (bicyclic) bond motifs is 1. The lowest BCUT2D eigenvalue weighted by molar-refractivity contribution is -0.143. The summed E-state index contributed by atoms with van der Waals surface area (Å²) < 4.78 is 16.8. The predicted octanol–water partition coefficient (Wildman–Crippen LogP) is 4.48. The smallest absolute Gasteiger partial charge is 0.243 e. The average Bonchev–Trinajstić information content (AvgIpc) is 3.14. The van der Waals surface area contributed by atoms with E-state index in [2.05, 4.69) is 4.57 Å². The number of benzene rings is 1. The van der Waals surface area contributed by atoms with E-state index in [1.54, 1.807) is 28.0 Å². The van der Waals surface area contributed by atoms with Gasteiger partial charge in [0.2, 0.25) is 11.8 Å². The average molecular weight is 428 g/mol. The van der Waals surface area contributed by atoms with E-state index in [-0.39, 0.29) is 35.5 Å². The third-order valence-corrected chi connectivity index (χ3v) is 5.50. The fourth-order valence-electron chi connectivity index (χ4n) is 4.19. The van der Waals surface area contributed by atoms with Crippen LogP contribution in [0.5, 0.6) is 0 Å². The van der Waals surface area contributed by atoms with Gasteiger partial charge in [0, 0.05) is 43.5 Å². The summed E-state index contributed by atoms with van der Waals surface area (Å²) in [5.74, 6) is -0.249. The van der Waals surface area contributed by atoms with Crippen molar-refractivity contribution in [3.63, 3.8) is 0 Å². The molecule has 31 heavy (non-hydrogen) atoms. The summed E-state index contributed by atoms with van der Waals surface area (Å²) in [7, 11) is 0. The topological polar surface area (TPSA) is 45.6 Å². The fourth-order valence-corrected chi connectivity index (χ4v) is 4.19. The third-order valence-electron chi connectivity index (χ3n) is 5.50. The minimum atomic E-state index is -0.504. The third kappa shape index (κ3) is 5.54. The maximum absolute atomic E-state index is 14.7. The molecular weight excluding hydrogens is 393 g/mol. The van der Waals surface area contributed by atoms with Gasteiger partial charge in [-0.05, 0) is 29.5 Å². The van der Waals surface area contributed by atoms with Crippen LogP contribution in [0.2, 0.25) is 0 Å². The number of halogens is 1. The van der Waals surface area contributed by atoms with E-state index in [1.807, 2.05) is 52.9 Å². The molecule has 0 spiro atoms. The number of hydrogen-bond donors (Lipinski definition) is 0. The van der Waals surface area contributed by atoms with Gasteiger partial charge in [-0.25, -0.2) is 4.39 Å². The van der Waals surface area contributed by atoms with Gasteiger partial charge < -0.3 is 14.4 Å². The van der Waals surface area contributed by atoms with E-state index in [1.165, 1.54) is 6.07 Å². The lowest BCUT2D eigenvalue weighted by atomic mass is 9.91. The van der Waals surface area contributed by atoms with Crippen molar-refractivity contribution >= 4 is 11.8 Å². The molecule has 0 saturated carbocycles. The van der Waals surface area contributed by atoms with Gasteiger partial charge in [0.15, 0.2) is 0 Å². The highest BCUT2D eigenvalue weighted by Gasteiger charge is 2.35. The second-order valence-electron chi connectivity index (χ2n) is 10.0. The number of amides is 2. The molecule has 0 radical (unpaired) electrons. The number of rotatable bonds is 6. The number of carbonyl (C=O) groups excluding carboxylic acids is 2. The van der Waals surface area contributed by atoms with Crippen molar-refractivity contribution in [2.75, 3.05) is 19.6 Å². The van der Waals surface area contributed by atoms with Crippen molar-refractivity contribution in [2.24, 2.45) is 11.3 Å². The Labute approximate surface area is 184 Å². The molecule has 1 aliphatic rings. The first-order valence-corrected chi connectivity index (χ1v) is 11.0. The van der Waals surface area contributed by atoms with Gasteiger partial charge in [0.25, 0.3) is 0 Å². The molecule has 0 fully saturated rings. The van der Waals surface area contributed by atoms with Crippen molar-refractivity contribution < 1.29 is 14.0 Å². The highest BCUT2D eigenvalue weighted by molar-refractivity contribution is 5.85. The molecule has 5 nitrogen and oxygen atoms in total. The zero-order chi connectivity index (χ0) is 22.8. The molecule has 0 unspecified atom stereocenters. The summed E-state index contributed by atoms with van der Waals surface area (Å²) in [6, 6.07) is 9.97. The van der Waals surface area contributed by atoms with E-state index in [4.69, 9.17) is 0 Å². The SMILES string of the molecule is CC(C)CN(CC(=O)N1CCn2cccc2[C@@H]1c1ccccc1F)C(=O)CC(C)(C)C. The molecule has 0 saturated heterocycles.